The van der Waals surface area contributed by atoms with E-state index in [0.717, 1.165) is 35.6 Å². The van der Waals surface area contributed by atoms with Gasteiger partial charge in [-0.25, -0.2) is 0 Å². The highest BCUT2D eigenvalue weighted by molar-refractivity contribution is 5.93. The van der Waals surface area contributed by atoms with Gasteiger partial charge < -0.3 is 26.0 Å². The molecular weight excluding hydrogens is 456 g/mol. The fourth-order valence-corrected chi connectivity index (χ4v) is 4.90. The van der Waals surface area contributed by atoms with E-state index in [2.05, 4.69) is 16.0 Å². The van der Waals surface area contributed by atoms with Gasteiger partial charge in [0.15, 0.2) is 0 Å². The van der Waals surface area contributed by atoms with Crippen LogP contribution in [0.15, 0.2) is 42.5 Å². The number of amides is 3. The summed E-state index contributed by atoms with van der Waals surface area (Å²) in [6.07, 6.45) is 2.39. The number of hydrogen-bond donors (Lipinski definition) is 4. The Morgan fingerprint density at radius 2 is 1.78 bits per heavy atom. The van der Waals surface area contributed by atoms with E-state index in [9.17, 15) is 19.5 Å². The van der Waals surface area contributed by atoms with Gasteiger partial charge in [0.2, 0.25) is 17.7 Å². The van der Waals surface area contributed by atoms with E-state index in [-0.39, 0.29) is 30.2 Å². The van der Waals surface area contributed by atoms with Crippen LogP contribution in [0.4, 0.5) is 0 Å². The zero-order valence-corrected chi connectivity index (χ0v) is 21.6. The molecule has 2 aromatic rings. The number of benzene rings is 2. The van der Waals surface area contributed by atoms with Gasteiger partial charge >= 0.3 is 0 Å². The predicted octanol–water partition coefficient (Wildman–Crippen LogP) is 1.99. The maximum absolute atomic E-state index is 13.4. The van der Waals surface area contributed by atoms with Crippen molar-refractivity contribution < 1.29 is 19.5 Å². The minimum absolute atomic E-state index is 0.0170. The molecule has 1 aliphatic rings. The lowest BCUT2D eigenvalue weighted by molar-refractivity contribution is -0.142. The zero-order chi connectivity index (χ0) is 26.1. The lowest BCUT2D eigenvalue weighted by Gasteiger charge is -2.29. The van der Waals surface area contributed by atoms with E-state index in [4.69, 9.17) is 0 Å². The van der Waals surface area contributed by atoms with Crippen molar-refractivity contribution in [2.75, 3.05) is 26.7 Å². The summed E-state index contributed by atoms with van der Waals surface area (Å²) >= 11 is 0. The summed E-state index contributed by atoms with van der Waals surface area (Å²) in [5.41, 5.74) is 0.918. The molecule has 0 radical (unpaired) electrons. The number of nitrogens with zero attached hydrogens (tertiary/aromatic N) is 1. The molecule has 196 valence electrons. The summed E-state index contributed by atoms with van der Waals surface area (Å²) < 4.78 is 0. The third kappa shape index (κ3) is 7.04. The van der Waals surface area contributed by atoms with Crippen molar-refractivity contribution >= 4 is 28.5 Å². The second-order valence-corrected chi connectivity index (χ2v) is 9.61. The number of likely N-dealkylation sites (tertiary alicyclic amines) is 1. The Morgan fingerprint density at radius 1 is 1.06 bits per heavy atom. The summed E-state index contributed by atoms with van der Waals surface area (Å²) in [5.74, 6) is -0.738. The molecule has 3 atom stereocenters. The largest absolute Gasteiger partial charge is 0.390 e. The van der Waals surface area contributed by atoms with Crippen LogP contribution in [0.5, 0.6) is 0 Å². The quantitative estimate of drug-likeness (QED) is 0.359. The van der Waals surface area contributed by atoms with Crippen LogP contribution in [0.2, 0.25) is 0 Å². The Labute approximate surface area is 213 Å². The van der Waals surface area contributed by atoms with E-state index in [1.54, 1.807) is 11.9 Å². The number of hydrogen-bond acceptors (Lipinski definition) is 5. The lowest BCUT2D eigenvalue weighted by Crippen LogP contribution is -2.55. The van der Waals surface area contributed by atoms with Crippen molar-refractivity contribution in [1.29, 1.82) is 0 Å². The molecule has 3 rings (SSSR count). The molecule has 1 fully saturated rings. The van der Waals surface area contributed by atoms with E-state index < -0.39 is 18.2 Å². The molecular formula is C28H40N4O4. The molecule has 2 aromatic carbocycles. The number of likely N-dealkylation sites (N-methyl/N-ethyl adjacent to an activating group) is 1. The third-order valence-corrected chi connectivity index (χ3v) is 7.01. The van der Waals surface area contributed by atoms with Crippen molar-refractivity contribution in [2.45, 2.75) is 64.1 Å². The Hall–Kier alpha value is -2.97. The van der Waals surface area contributed by atoms with Crippen LogP contribution in [0.25, 0.3) is 10.8 Å². The predicted molar refractivity (Wildman–Crippen MR) is 141 cm³/mol. The van der Waals surface area contributed by atoms with Gasteiger partial charge in [-0.1, -0.05) is 56.3 Å². The summed E-state index contributed by atoms with van der Waals surface area (Å²) in [6, 6.07) is 12.6. The van der Waals surface area contributed by atoms with Gasteiger partial charge in [0.1, 0.15) is 12.1 Å². The van der Waals surface area contributed by atoms with Crippen molar-refractivity contribution in [3.63, 3.8) is 0 Å². The van der Waals surface area contributed by atoms with Crippen LogP contribution in [0.3, 0.4) is 0 Å². The minimum atomic E-state index is -0.828. The van der Waals surface area contributed by atoms with Crippen LogP contribution in [-0.2, 0) is 20.8 Å². The van der Waals surface area contributed by atoms with E-state index in [1.165, 1.54) is 0 Å². The first-order chi connectivity index (χ1) is 17.4. The normalized spacial score (nSPS) is 17.2. The summed E-state index contributed by atoms with van der Waals surface area (Å²) in [7, 11) is 1.73. The smallest absolute Gasteiger partial charge is 0.243 e. The first-order valence-electron chi connectivity index (χ1n) is 13.1. The number of aliphatic hydroxyl groups excluding tert-OH is 1. The standard InChI is InChI=1S/C28H40N4O4/c1-4-20(5-2)28(36)32-14-8-11-25(32)27(35)31-24(26(34)30-18-23(33)17-29-3)16-19-12-13-21-9-6-7-10-22(21)15-19/h6-7,9-10,12-13,15,20,23-25,29,33H,4-5,8,11,14,16-18H2,1-3H3,(H,30,34)(H,31,35)/t23?,24-,25+/m1/s1. The van der Waals surface area contributed by atoms with Crippen LogP contribution in [-0.4, -0.2) is 72.6 Å². The van der Waals surface area contributed by atoms with Crippen molar-refractivity contribution in [3.8, 4) is 0 Å². The highest BCUT2D eigenvalue weighted by Crippen LogP contribution is 2.23. The average Bonchev–Trinajstić information content (AvgIpc) is 3.38. The molecule has 1 heterocycles. The summed E-state index contributed by atoms with van der Waals surface area (Å²) in [6.45, 7) is 4.96. The van der Waals surface area contributed by atoms with Gasteiger partial charge in [0.25, 0.3) is 0 Å². The topological polar surface area (TPSA) is 111 Å². The Bertz CT molecular complexity index is 1040. The van der Waals surface area contributed by atoms with Gasteiger partial charge in [0, 0.05) is 32.0 Å². The van der Waals surface area contributed by atoms with Crippen LogP contribution in [0, 0.1) is 5.92 Å². The SMILES string of the molecule is CCC(CC)C(=O)N1CCC[C@H]1C(=O)N[C@H](Cc1ccc2ccccc2c1)C(=O)NCC(O)CNC. The number of nitrogens with one attached hydrogen (secondary N) is 3. The first-order valence-corrected chi connectivity index (χ1v) is 13.1. The van der Waals surface area contributed by atoms with Crippen LogP contribution < -0.4 is 16.0 Å². The van der Waals surface area contributed by atoms with Crippen molar-refractivity contribution in [3.05, 3.63) is 48.0 Å². The maximum atomic E-state index is 13.4. The number of rotatable bonds is 12. The summed E-state index contributed by atoms with van der Waals surface area (Å²) in [5, 5.41) is 20.8. The number of fused-ring (bicyclic) bond motifs is 1. The molecule has 1 unspecified atom stereocenters. The molecule has 36 heavy (non-hydrogen) atoms. The fraction of sp³-hybridized carbons (Fsp3) is 0.536. The lowest BCUT2D eigenvalue weighted by atomic mass is 10.00. The van der Waals surface area contributed by atoms with Gasteiger partial charge in [0.05, 0.1) is 6.10 Å². The molecule has 1 aliphatic heterocycles. The molecule has 0 spiro atoms. The van der Waals surface area contributed by atoms with E-state index >= 15 is 0 Å². The molecule has 8 nitrogen and oxygen atoms in total. The highest BCUT2D eigenvalue weighted by Gasteiger charge is 2.37. The molecule has 0 bridgehead atoms. The van der Waals surface area contributed by atoms with Gasteiger partial charge in [-0.15, -0.1) is 0 Å². The van der Waals surface area contributed by atoms with Gasteiger partial charge in [-0.2, -0.15) is 0 Å². The van der Waals surface area contributed by atoms with E-state index in [0.29, 0.717) is 25.9 Å². The number of aliphatic hydroxyl groups is 1. The molecule has 8 heteroatoms. The monoisotopic (exact) mass is 496 g/mol. The minimum Gasteiger partial charge on any atom is -0.390 e. The Balaban J connectivity index is 1.77. The number of carbonyl (C=O) groups excluding carboxylic acids is 3. The molecule has 1 saturated heterocycles. The molecule has 0 aliphatic carbocycles. The van der Waals surface area contributed by atoms with Crippen LogP contribution >= 0.6 is 0 Å². The molecule has 0 saturated carbocycles. The van der Waals surface area contributed by atoms with Gasteiger partial charge in [-0.3, -0.25) is 14.4 Å². The molecule has 0 aromatic heterocycles. The Morgan fingerprint density at radius 3 is 2.47 bits per heavy atom. The third-order valence-electron chi connectivity index (χ3n) is 7.01. The average molecular weight is 497 g/mol. The maximum Gasteiger partial charge on any atom is 0.243 e. The van der Waals surface area contributed by atoms with E-state index in [1.807, 2.05) is 56.3 Å². The van der Waals surface area contributed by atoms with Crippen molar-refractivity contribution in [1.82, 2.24) is 20.9 Å². The zero-order valence-electron chi connectivity index (χ0n) is 21.6. The summed E-state index contributed by atoms with van der Waals surface area (Å²) in [4.78, 5) is 41.2. The van der Waals surface area contributed by atoms with Gasteiger partial charge in [-0.05, 0) is 49.1 Å². The van der Waals surface area contributed by atoms with Crippen molar-refractivity contribution in [2.24, 2.45) is 5.92 Å². The molecule has 4 N–H and O–H groups in total. The van der Waals surface area contributed by atoms with Crippen LogP contribution in [0.1, 0.15) is 45.1 Å². The number of carbonyl (C=O) groups is 3. The second-order valence-electron chi connectivity index (χ2n) is 9.61. The molecule has 3 amide bonds. The fourth-order valence-electron chi connectivity index (χ4n) is 4.90. The first kappa shape index (κ1) is 27.6. The Kier molecular flexibility index (Phi) is 10.3. The highest BCUT2D eigenvalue weighted by atomic mass is 16.3. The second kappa shape index (κ2) is 13.4.